The molecule has 1 aromatic heterocycles. The van der Waals surface area contributed by atoms with Gasteiger partial charge in [-0.15, -0.1) is 0 Å². The van der Waals surface area contributed by atoms with Crippen LogP contribution in [0.3, 0.4) is 0 Å². The molecule has 2 saturated carbocycles. The number of ether oxygens (including phenoxy) is 2. The van der Waals surface area contributed by atoms with E-state index >= 15 is 0 Å². The highest BCUT2D eigenvalue weighted by Gasteiger charge is 2.62. The van der Waals surface area contributed by atoms with E-state index in [1.807, 2.05) is 6.08 Å². The molecular formula is C34H47FN6O9S. The molecule has 0 radical (unpaired) electrons. The number of nitrogens with one attached hydrogen (secondary N) is 4. The third-order valence-corrected chi connectivity index (χ3v) is 11.2. The van der Waals surface area contributed by atoms with Gasteiger partial charge >= 0.3 is 12.2 Å². The van der Waals surface area contributed by atoms with Crippen molar-refractivity contribution in [3.8, 4) is 0 Å². The largest absolute Gasteiger partial charge is 0.444 e. The zero-order valence-electron chi connectivity index (χ0n) is 29.3. The normalized spacial score (nSPS) is 27.7. The minimum absolute atomic E-state index is 0.147. The van der Waals surface area contributed by atoms with Crippen LogP contribution in [0.5, 0.6) is 0 Å². The maximum absolute atomic E-state index is 14.2. The van der Waals surface area contributed by atoms with Gasteiger partial charge in [0.15, 0.2) is 0 Å². The molecule has 0 aromatic carbocycles. The van der Waals surface area contributed by atoms with Crippen LogP contribution in [-0.2, 0) is 33.9 Å². The summed E-state index contributed by atoms with van der Waals surface area (Å²) in [5.41, 5.74) is -2.03. The molecule has 280 valence electrons. The maximum Gasteiger partial charge on any atom is 0.408 e. The van der Waals surface area contributed by atoms with Crippen molar-refractivity contribution >= 4 is 39.9 Å². The molecule has 1 aromatic rings. The number of alkyl carbamates (subject to hydrolysis) is 2. The van der Waals surface area contributed by atoms with E-state index in [1.54, 1.807) is 33.8 Å². The molecule has 3 heterocycles. The molecule has 4 N–H and O–H groups in total. The van der Waals surface area contributed by atoms with Crippen molar-refractivity contribution in [2.45, 2.75) is 126 Å². The number of sulfonamides is 1. The Morgan fingerprint density at radius 2 is 1.84 bits per heavy atom. The van der Waals surface area contributed by atoms with E-state index in [4.69, 9.17) is 9.47 Å². The fourth-order valence-electron chi connectivity index (χ4n) is 6.38. The Morgan fingerprint density at radius 3 is 2.51 bits per heavy atom. The molecule has 0 bridgehead atoms. The lowest BCUT2D eigenvalue weighted by atomic mass is 10.0. The van der Waals surface area contributed by atoms with Crippen LogP contribution in [-0.4, -0.2) is 89.3 Å². The minimum atomic E-state index is -3.92. The van der Waals surface area contributed by atoms with Gasteiger partial charge in [-0.25, -0.2) is 22.4 Å². The van der Waals surface area contributed by atoms with Crippen LogP contribution >= 0.6 is 0 Å². The van der Waals surface area contributed by atoms with Gasteiger partial charge in [0.25, 0.3) is 5.91 Å². The van der Waals surface area contributed by atoms with Gasteiger partial charge in [0.1, 0.15) is 35.1 Å². The van der Waals surface area contributed by atoms with Gasteiger partial charge in [-0.2, -0.15) is 0 Å². The third kappa shape index (κ3) is 9.74. The summed E-state index contributed by atoms with van der Waals surface area (Å²) in [6, 6.07) is -0.371. The van der Waals surface area contributed by atoms with E-state index in [1.165, 1.54) is 17.0 Å². The van der Waals surface area contributed by atoms with Crippen molar-refractivity contribution < 1.29 is 46.3 Å². The number of rotatable bonds is 7. The number of aromatic nitrogens is 1. The monoisotopic (exact) mass is 734 g/mol. The fraction of sp³-hybridized carbons (Fsp3) is 0.647. The lowest BCUT2D eigenvalue weighted by Crippen LogP contribution is -2.58. The highest BCUT2D eigenvalue weighted by Crippen LogP contribution is 2.46. The number of carbonyl (C=O) groups excluding carboxylic acids is 5. The predicted molar refractivity (Wildman–Crippen MR) is 181 cm³/mol. The molecule has 3 fully saturated rings. The molecule has 6 atom stereocenters. The van der Waals surface area contributed by atoms with Crippen LogP contribution in [0, 0.1) is 11.7 Å². The first-order valence-electron chi connectivity index (χ1n) is 17.4. The summed E-state index contributed by atoms with van der Waals surface area (Å²) < 4.78 is 52.0. The molecule has 1 saturated heterocycles. The van der Waals surface area contributed by atoms with Gasteiger partial charge in [0.2, 0.25) is 21.8 Å². The van der Waals surface area contributed by atoms with Crippen molar-refractivity contribution in [1.82, 2.24) is 30.6 Å². The van der Waals surface area contributed by atoms with Gasteiger partial charge in [-0.3, -0.25) is 24.1 Å². The second-order valence-electron chi connectivity index (χ2n) is 14.7. The molecule has 2 aliphatic carbocycles. The van der Waals surface area contributed by atoms with Crippen LogP contribution in [0.1, 0.15) is 97.2 Å². The van der Waals surface area contributed by atoms with E-state index in [0.29, 0.717) is 37.8 Å². The Bertz CT molecular complexity index is 1650. The van der Waals surface area contributed by atoms with Crippen molar-refractivity contribution in [2.75, 3.05) is 6.54 Å². The molecule has 17 heteroatoms. The number of allylic oxidation sites excluding steroid dienone is 1. The van der Waals surface area contributed by atoms with Crippen LogP contribution in [0.25, 0.3) is 0 Å². The van der Waals surface area contributed by atoms with E-state index in [0.717, 1.165) is 12.6 Å². The molecule has 4 aliphatic rings. The lowest BCUT2D eigenvalue weighted by Gasteiger charge is -2.30. The number of carbonyl (C=O) groups is 5. The highest BCUT2D eigenvalue weighted by molar-refractivity contribution is 7.91. The zero-order valence-corrected chi connectivity index (χ0v) is 30.1. The van der Waals surface area contributed by atoms with Gasteiger partial charge in [-0.1, -0.05) is 25.0 Å². The Kier molecular flexibility index (Phi) is 11.3. The van der Waals surface area contributed by atoms with Gasteiger partial charge in [-0.05, 0) is 78.4 Å². The number of hydrogen-bond donors (Lipinski definition) is 4. The minimum Gasteiger partial charge on any atom is -0.444 e. The quantitative estimate of drug-likeness (QED) is 0.302. The van der Waals surface area contributed by atoms with Crippen molar-refractivity contribution in [3.63, 3.8) is 0 Å². The highest BCUT2D eigenvalue weighted by atomic mass is 32.2. The molecule has 5 amide bonds. The average molecular weight is 735 g/mol. The first-order chi connectivity index (χ1) is 24.0. The summed E-state index contributed by atoms with van der Waals surface area (Å²) in [5.74, 6) is -3.21. The van der Waals surface area contributed by atoms with Crippen molar-refractivity contribution in [2.24, 2.45) is 5.92 Å². The number of pyridine rings is 1. The Morgan fingerprint density at radius 1 is 1.10 bits per heavy atom. The summed E-state index contributed by atoms with van der Waals surface area (Å²) in [4.78, 5) is 72.9. The Balaban J connectivity index is 1.39. The summed E-state index contributed by atoms with van der Waals surface area (Å²) in [6.07, 6.45) is 5.89. The predicted octanol–water partition coefficient (Wildman–Crippen LogP) is 2.87. The summed E-state index contributed by atoms with van der Waals surface area (Å²) in [5, 5.41) is 7.37. The van der Waals surface area contributed by atoms with E-state index < -0.39 is 92.3 Å². The number of amides is 5. The Hall–Kier alpha value is -4.28. The maximum atomic E-state index is 14.2. The van der Waals surface area contributed by atoms with Crippen molar-refractivity contribution in [1.29, 1.82) is 0 Å². The first-order valence-corrected chi connectivity index (χ1v) is 19.0. The summed E-state index contributed by atoms with van der Waals surface area (Å²) in [7, 11) is -3.92. The number of fused-ring (bicyclic) bond motifs is 2. The molecule has 5 rings (SSSR count). The smallest absolute Gasteiger partial charge is 0.408 e. The van der Waals surface area contributed by atoms with Crippen LogP contribution in [0.15, 0.2) is 30.5 Å². The van der Waals surface area contributed by atoms with Crippen LogP contribution in [0.4, 0.5) is 14.0 Å². The molecule has 51 heavy (non-hydrogen) atoms. The third-order valence-electron chi connectivity index (χ3n) is 9.34. The second-order valence-corrected chi connectivity index (χ2v) is 16.7. The number of hydrogen-bond acceptors (Lipinski definition) is 10. The molecule has 2 aliphatic heterocycles. The molecule has 0 unspecified atom stereocenters. The number of halogens is 1. The summed E-state index contributed by atoms with van der Waals surface area (Å²) in [6.45, 7) is 6.47. The Labute approximate surface area is 296 Å². The second kappa shape index (κ2) is 15.1. The van der Waals surface area contributed by atoms with Crippen LogP contribution in [0.2, 0.25) is 0 Å². The topological polar surface area (TPSA) is 202 Å². The first kappa shape index (κ1) is 38.0. The molecule has 0 spiro atoms. The van der Waals surface area contributed by atoms with E-state index in [2.05, 4.69) is 25.7 Å². The molecular weight excluding hydrogens is 687 g/mol. The van der Waals surface area contributed by atoms with Gasteiger partial charge < -0.3 is 30.3 Å². The van der Waals surface area contributed by atoms with E-state index in [-0.39, 0.29) is 25.8 Å². The number of nitrogens with zero attached hydrogens (tertiary/aromatic N) is 2. The molecule has 15 nitrogen and oxygen atoms in total. The van der Waals surface area contributed by atoms with Gasteiger partial charge in [0.05, 0.1) is 29.7 Å². The summed E-state index contributed by atoms with van der Waals surface area (Å²) >= 11 is 0. The van der Waals surface area contributed by atoms with Gasteiger partial charge in [0, 0.05) is 12.3 Å². The SMILES string of the molecule is C[C@@H](NC(=O)O[C@@H]1C[C@H]2C(=O)N[C@]3(C(=O)NS(=O)(=O)C4CC4)C[C@H]3C=CCCCCC[C@H](NC(=O)OC(C)(C)C)C(=O)N2C1)c1ccc(F)cn1. The zero-order chi connectivity index (χ0) is 37.1. The van der Waals surface area contributed by atoms with Crippen molar-refractivity contribution in [3.05, 3.63) is 42.0 Å². The standard InChI is InChI=1S/C34H47FN6O9S/c1-20(25-15-12-22(35)18-36-25)37-31(45)49-23-16-27-28(42)39-34(30(44)40-51(47,48)24-13-14-24)17-21(34)10-8-6-5-7-9-11-26(29(43)41(27)19-23)38-32(46)50-33(2,3)4/h8,10,12,15,18,20-21,23-24,26-27H,5-7,9,11,13-14,16-17,19H2,1-4H3,(H,37,45)(H,38,46)(H,39,42)(H,40,44)/t20-,21-,23-,26+,27+,34-/m1/s1. The van der Waals surface area contributed by atoms with Crippen LogP contribution < -0.4 is 20.7 Å². The lowest BCUT2D eigenvalue weighted by molar-refractivity contribution is -0.141. The fourth-order valence-corrected chi connectivity index (χ4v) is 7.74. The van der Waals surface area contributed by atoms with E-state index in [9.17, 15) is 36.8 Å². The average Bonchev–Trinajstić information content (AvgIpc) is 3.96.